The summed E-state index contributed by atoms with van der Waals surface area (Å²) in [4.78, 5) is 22.8. The molecule has 0 radical (unpaired) electrons. The van der Waals surface area contributed by atoms with Crippen molar-refractivity contribution in [2.75, 3.05) is 13.1 Å². The molecule has 2 fully saturated rings. The number of piperidine rings is 1. The van der Waals surface area contributed by atoms with Gasteiger partial charge in [-0.25, -0.2) is 9.97 Å². The van der Waals surface area contributed by atoms with Gasteiger partial charge in [-0.3, -0.25) is 4.79 Å². The van der Waals surface area contributed by atoms with Crippen molar-refractivity contribution in [2.24, 2.45) is 13.0 Å². The fourth-order valence-corrected chi connectivity index (χ4v) is 3.64. The molecule has 2 aromatic rings. The molecule has 0 aromatic carbocycles. The van der Waals surface area contributed by atoms with Crippen molar-refractivity contribution in [3.63, 3.8) is 0 Å². The number of likely N-dealkylation sites (tertiary alicyclic amines) is 1. The van der Waals surface area contributed by atoms with Crippen LogP contribution in [0.2, 0.25) is 0 Å². The first-order valence-electron chi connectivity index (χ1n) is 8.04. The summed E-state index contributed by atoms with van der Waals surface area (Å²) in [6.07, 6.45) is 7.31. The average Bonchev–Trinajstić information content (AvgIpc) is 3.20. The first kappa shape index (κ1) is 14.4. The van der Waals surface area contributed by atoms with E-state index in [1.54, 1.807) is 12.5 Å². The van der Waals surface area contributed by atoms with Gasteiger partial charge in [-0.1, -0.05) is 0 Å². The number of ether oxygens (including phenoxy) is 1. The van der Waals surface area contributed by atoms with Gasteiger partial charge >= 0.3 is 0 Å². The Morgan fingerprint density at radius 2 is 2.30 bits per heavy atom. The van der Waals surface area contributed by atoms with E-state index >= 15 is 0 Å². The second-order valence-corrected chi connectivity index (χ2v) is 6.34. The number of aromatic nitrogens is 3. The van der Waals surface area contributed by atoms with Crippen LogP contribution in [0, 0.1) is 5.92 Å². The normalized spacial score (nSPS) is 27.0. The van der Waals surface area contributed by atoms with Gasteiger partial charge in [0.1, 0.15) is 18.1 Å². The Bertz CT molecular complexity index is 700. The fourth-order valence-electron chi connectivity index (χ4n) is 3.64. The van der Waals surface area contributed by atoms with E-state index in [9.17, 15) is 4.79 Å². The van der Waals surface area contributed by atoms with Crippen LogP contribution < -0.4 is 0 Å². The van der Waals surface area contributed by atoms with Gasteiger partial charge in [0.25, 0.3) is 5.91 Å². The molecule has 0 spiro atoms. The maximum atomic E-state index is 12.7. The number of hydrogen-bond donors (Lipinski definition) is 0. The van der Waals surface area contributed by atoms with E-state index in [2.05, 4.69) is 9.97 Å². The molecule has 23 heavy (non-hydrogen) atoms. The standard InChI is InChI=1S/C17H20N4O2/c1-20-7-2-3-14(20)17(22)21-8-5-12-9-15(23-16(12)10-21)13-4-6-18-11-19-13/h2-4,6-7,11-12,15-16H,5,8-10H2,1H3/t12-,15-,16+/m0/s1. The lowest BCUT2D eigenvalue weighted by atomic mass is 9.91. The van der Waals surface area contributed by atoms with Gasteiger partial charge in [0, 0.05) is 32.5 Å². The Hall–Kier alpha value is -2.21. The first-order chi connectivity index (χ1) is 11.2. The Balaban J connectivity index is 1.46. The van der Waals surface area contributed by atoms with Crippen molar-refractivity contribution >= 4 is 5.91 Å². The van der Waals surface area contributed by atoms with Gasteiger partial charge in [-0.05, 0) is 37.0 Å². The summed E-state index contributed by atoms with van der Waals surface area (Å²) in [5, 5.41) is 0. The van der Waals surface area contributed by atoms with Crippen molar-refractivity contribution in [3.05, 3.63) is 48.3 Å². The zero-order chi connectivity index (χ0) is 15.8. The van der Waals surface area contributed by atoms with Crippen LogP contribution in [0.15, 0.2) is 36.9 Å². The molecule has 0 aliphatic carbocycles. The molecule has 2 aromatic heterocycles. The summed E-state index contributed by atoms with van der Waals surface area (Å²) < 4.78 is 8.06. The van der Waals surface area contributed by atoms with E-state index < -0.39 is 0 Å². The Kier molecular flexibility index (Phi) is 3.61. The lowest BCUT2D eigenvalue weighted by molar-refractivity contribution is -0.00590. The molecule has 120 valence electrons. The molecule has 6 heteroatoms. The number of aryl methyl sites for hydroxylation is 1. The molecule has 0 unspecified atom stereocenters. The number of amides is 1. The highest BCUT2D eigenvalue weighted by atomic mass is 16.5. The average molecular weight is 312 g/mol. The summed E-state index contributed by atoms with van der Waals surface area (Å²) in [7, 11) is 1.90. The monoisotopic (exact) mass is 312 g/mol. The van der Waals surface area contributed by atoms with E-state index in [1.807, 2.05) is 40.9 Å². The van der Waals surface area contributed by atoms with Crippen LogP contribution in [0.4, 0.5) is 0 Å². The van der Waals surface area contributed by atoms with Gasteiger partial charge in [0.05, 0.1) is 11.8 Å². The van der Waals surface area contributed by atoms with Crippen molar-refractivity contribution in [3.8, 4) is 0 Å². The number of fused-ring (bicyclic) bond motifs is 1. The van der Waals surface area contributed by atoms with E-state index in [4.69, 9.17) is 4.74 Å². The molecule has 4 heterocycles. The van der Waals surface area contributed by atoms with Crippen LogP contribution in [-0.4, -0.2) is 44.5 Å². The highest BCUT2D eigenvalue weighted by molar-refractivity contribution is 5.92. The molecule has 0 saturated carbocycles. The Morgan fingerprint density at radius 3 is 3.04 bits per heavy atom. The minimum Gasteiger partial charge on any atom is -0.367 e. The third kappa shape index (κ3) is 2.63. The molecule has 2 saturated heterocycles. The van der Waals surface area contributed by atoms with Crippen LogP contribution in [0.1, 0.15) is 35.1 Å². The van der Waals surface area contributed by atoms with Gasteiger partial charge in [-0.15, -0.1) is 0 Å². The number of hydrogen-bond acceptors (Lipinski definition) is 4. The molecule has 0 N–H and O–H groups in total. The van der Waals surface area contributed by atoms with Gasteiger partial charge in [0.15, 0.2) is 0 Å². The van der Waals surface area contributed by atoms with Crippen molar-refractivity contribution in [1.29, 1.82) is 0 Å². The molecule has 2 aliphatic rings. The van der Waals surface area contributed by atoms with Gasteiger partial charge in [0.2, 0.25) is 0 Å². The van der Waals surface area contributed by atoms with E-state index in [-0.39, 0.29) is 18.1 Å². The SMILES string of the molecule is Cn1cccc1C(=O)N1CC[C@H]2C[C@@H](c3ccncn3)O[C@@H]2C1. The second kappa shape index (κ2) is 5.77. The van der Waals surface area contributed by atoms with E-state index in [0.29, 0.717) is 12.5 Å². The molecule has 3 atom stereocenters. The van der Waals surface area contributed by atoms with Crippen molar-refractivity contribution in [2.45, 2.75) is 25.0 Å². The summed E-state index contributed by atoms with van der Waals surface area (Å²) >= 11 is 0. The smallest absolute Gasteiger partial charge is 0.270 e. The number of rotatable bonds is 2. The largest absolute Gasteiger partial charge is 0.367 e. The molecule has 4 rings (SSSR count). The summed E-state index contributed by atoms with van der Waals surface area (Å²) in [6, 6.07) is 5.68. The maximum absolute atomic E-state index is 12.7. The Labute approximate surface area is 135 Å². The third-order valence-electron chi connectivity index (χ3n) is 4.94. The van der Waals surface area contributed by atoms with E-state index in [0.717, 1.165) is 30.8 Å². The molecule has 2 aliphatic heterocycles. The zero-order valence-electron chi connectivity index (χ0n) is 13.1. The molecule has 1 amide bonds. The van der Waals surface area contributed by atoms with Gasteiger partial charge < -0.3 is 14.2 Å². The zero-order valence-corrected chi connectivity index (χ0v) is 13.1. The lowest BCUT2D eigenvalue weighted by Gasteiger charge is -2.34. The summed E-state index contributed by atoms with van der Waals surface area (Å²) in [6.45, 7) is 1.46. The number of carbonyl (C=O) groups is 1. The van der Waals surface area contributed by atoms with Crippen molar-refractivity contribution in [1.82, 2.24) is 19.4 Å². The minimum absolute atomic E-state index is 0.0260. The van der Waals surface area contributed by atoms with Gasteiger partial charge in [-0.2, -0.15) is 0 Å². The summed E-state index contributed by atoms with van der Waals surface area (Å²) in [5.41, 5.74) is 1.67. The highest BCUT2D eigenvalue weighted by Crippen LogP contribution is 2.40. The maximum Gasteiger partial charge on any atom is 0.270 e. The second-order valence-electron chi connectivity index (χ2n) is 6.34. The predicted molar refractivity (Wildman–Crippen MR) is 83.7 cm³/mol. The quantitative estimate of drug-likeness (QED) is 0.848. The molecule has 0 bridgehead atoms. The van der Waals surface area contributed by atoms with Crippen LogP contribution in [-0.2, 0) is 11.8 Å². The molecular formula is C17H20N4O2. The molecule has 6 nitrogen and oxygen atoms in total. The molecular weight excluding hydrogens is 292 g/mol. The summed E-state index contributed by atoms with van der Waals surface area (Å²) in [5.74, 6) is 0.595. The van der Waals surface area contributed by atoms with Crippen molar-refractivity contribution < 1.29 is 9.53 Å². The van der Waals surface area contributed by atoms with E-state index in [1.165, 1.54) is 0 Å². The minimum atomic E-state index is 0.0260. The number of carbonyl (C=O) groups excluding carboxylic acids is 1. The number of nitrogens with zero attached hydrogens (tertiary/aromatic N) is 4. The topological polar surface area (TPSA) is 60.2 Å². The first-order valence-corrected chi connectivity index (χ1v) is 8.04. The highest BCUT2D eigenvalue weighted by Gasteiger charge is 2.41. The van der Waals surface area contributed by atoms with Crippen LogP contribution in [0.5, 0.6) is 0 Å². The third-order valence-corrected chi connectivity index (χ3v) is 4.94. The lowest BCUT2D eigenvalue weighted by Crippen LogP contribution is -2.45. The van der Waals surface area contributed by atoms with Crippen LogP contribution in [0.25, 0.3) is 0 Å². The van der Waals surface area contributed by atoms with Crippen LogP contribution >= 0.6 is 0 Å². The van der Waals surface area contributed by atoms with Crippen LogP contribution in [0.3, 0.4) is 0 Å². The Morgan fingerprint density at radius 1 is 1.39 bits per heavy atom. The fraction of sp³-hybridized carbons (Fsp3) is 0.471. The predicted octanol–water partition coefficient (Wildman–Crippen LogP) is 1.81.